The minimum Gasteiger partial charge on any atom is -0.399 e. The van der Waals surface area contributed by atoms with Crippen molar-refractivity contribution in [2.45, 2.75) is 6.92 Å². The first-order valence-electron chi connectivity index (χ1n) is 5.89. The molecule has 2 aromatic rings. The summed E-state index contributed by atoms with van der Waals surface area (Å²) in [6.07, 6.45) is 0. The summed E-state index contributed by atoms with van der Waals surface area (Å²) in [6.45, 7) is 1.91. The molecule has 0 unspecified atom stereocenters. The molecule has 0 aliphatic rings. The molecule has 0 radical (unpaired) electrons. The van der Waals surface area contributed by atoms with Crippen LogP contribution in [0.3, 0.4) is 0 Å². The predicted molar refractivity (Wildman–Crippen MR) is 82.4 cm³/mol. The van der Waals surface area contributed by atoms with Gasteiger partial charge < -0.3 is 11.1 Å². The van der Waals surface area contributed by atoms with Gasteiger partial charge in [-0.15, -0.1) is 0 Å². The molecule has 0 heterocycles. The molecule has 0 aliphatic heterocycles. The van der Waals surface area contributed by atoms with E-state index >= 15 is 0 Å². The number of halogens is 1. The van der Waals surface area contributed by atoms with Gasteiger partial charge in [-0.3, -0.25) is 4.79 Å². The highest BCUT2D eigenvalue weighted by Crippen LogP contribution is 2.23. The first-order valence-corrected chi connectivity index (χ1v) is 6.68. The summed E-state index contributed by atoms with van der Waals surface area (Å²) in [7, 11) is 0. The number of rotatable bonds is 2. The van der Waals surface area contributed by atoms with Crippen LogP contribution in [0.25, 0.3) is 0 Å². The van der Waals surface area contributed by atoms with Crippen LogP contribution in [0, 0.1) is 18.3 Å². The quantitative estimate of drug-likeness (QED) is 0.828. The van der Waals surface area contributed by atoms with E-state index in [-0.39, 0.29) is 5.91 Å². The van der Waals surface area contributed by atoms with Gasteiger partial charge in [-0.2, -0.15) is 5.26 Å². The third-order valence-electron chi connectivity index (χ3n) is 2.85. The first-order chi connectivity index (χ1) is 9.52. The molecule has 0 atom stereocenters. The van der Waals surface area contributed by atoms with Gasteiger partial charge in [-0.05, 0) is 52.7 Å². The van der Waals surface area contributed by atoms with Gasteiger partial charge in [0.15, 0.2) is 0 Å². The fourth-order valence-corrected chi connectivity index (χ4v) is 2.22. The van der Waals surface area contributed by atoms with Crippen molar-refractivity contribution in [3.05, 3.63) is 57.6 Å². The van der Waals surface area contributed by atoms with Gasteiger partial charge in [0.25, 0.3) is 5.91 Å². The topological polar surface area (TPSA) is 78.9 Å². The Labute approximate surface area is 125 Å². The van der Waals surface area contributed by atoms with Gasteiger partial charge in [0, 0.05) is 10.2 Å². The Hall–Kier alpha value is -2.32. The maximum Gasteiger partial charge on any atom is 0.256 e. The molecular weight excluding hydrogens is 318 g/mol. The molecule has 0 fully saturated rings. The summed E-state index contributed by atoms with van der Waals surface area (Å²) >= 11 is 3.40. The molecule has 0 saturated heterocycles. The van der Waals surface area contributed by atoms with E-state index in [4.69, 9.17) is 11.0 Å². The number of carbonyl (C=O) groups is 1. The fourth-order valence-electron chi connectivity index (χ4n) is 1.78. The number of nitrogens with one attached hydrogen (secondary N) is 1. The number of benzene rings is 2. The number of hydrogen-bond donors (Lipinski definition) is 2. The molecule has 20 heavy (non-hydrogen) atoms. The second-order valence-electron chi connectivity index (χ2n) is 4.31. The van der Waals surface area contributed by atoms with Crippen LogP contribution < -0.4 is 11.1 Å². The van der Waals surface area contributed by atoms with E-state index in [1.807, 2.05) is 25.1 Å². The van der Waals surface area contributed by atoms with E-state index < -0.39 is 0 Å². The first kappa shape index (κ1) is 14.1. The van der Waals surface area contributed by atoms with Crippen LogP contribution in [0.2, 0.25) is 0 Å². The van der Waals surface area contributed by atoms with Crippen molar-refractivity contribution in [1.82, 2.24) is 0 Å². The summed E-state index contributed by atoms with van der Waals surface area (Å²) < 4.78 is 0.742. The number of amides is 1. The van der Waals surface area contributed by atoms with Crippen LogP contribution >= 0.6 is 15.9 Å². The fraction of sp³-hybridized carbons (Fsp3) is 0.0667. The van der Waals surface area contributed by atoms with Crippen molar-refractivity contribution in [1.29, 1.82) is 5.26 Å². The Morgan fingerprint density at radius 3 is 2.80 bits per heavy atom. The van der Waals surface area contributed by atoms with Crippen LogP contribution in [-0.4, -0.2) is 5.91 Å². The maximum atomic E-state index is 12.3. The van der Waals surface area contributed by atoms with E-state index in [0.717, 1.165) is 10.0 Å². The summed E-state index contributed by atoms with van der Waals surface area (Å²) in [5, 5.41) is 11.8. The number of hydrogen-bond acceptors (Lipinski definition) is 3. The van der Waals surface area contributed by atoms with Gasteiger partial charge in [0.1, 0.15) is 6.07 Å². The Bertz CT molecular complexity index is 720. The van der Waals surface area contributed by atoms with E-state index in [9.17, 15) is 4.79 Å². The van der Waals surface area contributed by atoms with Gasteiger partial charge in [-0.1, -0.05) is 12.1 Å². The smallest absolute Gasteiger partial charge is 0.256 e. The van der Waals surface area contributed by atoms with E-state index in [1.54, 1.807) is 18.2 Å². The van der Waals surface area contributed by atoms with Crippen molar-refractivity contribution < 1.29 is 4.79 Å². The number of aryl methyl sites for hydroxylation is 1. The Balaban J connectivity index is 2.33. The average molecular weight is 330 g/mol. The summed E-state index contributed by atoms with van der Waals surface area (Å²) in [4.78, 5) is 12.3. The van der Waals surface area contributed by atoms with Crippen molar-refractivity contribution in [3.63, 3.8) is 0 Å². The van der Waals surface area contributed by atoms with Crippen LogP contribution in [0.1, 0.15) is 21.5 Å². The van der Waals surface area contributed by atoms with Gasteiger partial charge in [0.2, 0.25) is 0 Å². The van der Waals surface area contributed by atoms with Gasteiger partial charge in [-0.25, -0.2) is 0 Å². The number of nitrogen functional groups attached to an aromatic ring is 1. The third-order valence-corrected chi connectivity index (χ3v) is 3.90. The van der Waals surface area contributed by atoms with E-state index in [2.05, 4.69) is 21.2 Å². The van der Waals surface area contributed by atoms with Crippen LogP contribution in [0.15, 0.2) is 40.9 Å². The highest BCUT2D eigenvalue weighted by atomic mass is 79.9. The highest BCUT2D eigenvalue weighted by molar-refractivity contribution is 9.10. The number of anilines is 2. The molecule has 0 saturated carbocycles. The van der Waals surface area contributed by atoms with E-state index in [0.29, 0.717) is 22.5 Å². The lowest BCUT2D eigenvalue weighted by molar-refractivity contribution is 0.102. The molecular formula is C15H12BrN3O. The minimum atomic E-state index is -0.276. The Kier molecular flexibility index (Phi) is 4.06. The normalized spacial score (nSPS) is 9.85. The molecule has 0 aromatic heterocycles. The van der Waals surface area contributed by atoms with Gasteiger partial charge >= 0.3 is 0 Å². The van der Waals surface area contributed by atoms with Crippen molar-refractivity contribution >= 4 is 33.2 Å². The second-order valence-corrected chi connectivity index (χ2v) is 5.10. The molecule has 5 heteroatoms. The molecule has 100 valence electrons. The molecule has 0 bridgehead atoms. The maximum absolute atomic E-state index is 12.3. The lowest BCUT2D eigenvalue weighted by atomic mass is 10.1. The molecule has 0 aliphatic carbocycles. The predicted octanol–water partition coefficient (Wildman–Crippen LogP) is 3.46. The van der Waals surface area contributed by atoms with Crippen LogP contribution in [-0.2, 0) is 0 Å². The van der Waals surface area contributed by atoms with Crippen molar-refractivity contribution in [2.24, 2.45) is 0 Å². The SMILES string of the molecule is Cc1cccc(C(=O)Nc2ccc(N)cc2C#N)c1Br. The third kappa shape index (κ3) is 2.81. The molecule has 0 spiro atoms. The monoisotopic (exact) mass is 329 g/mol. The Morgan fingerprint density at radius 2 is 2.10 bits per heavy atom. The molecule has 2 aromatic carbocycles. The zero-order valence-corrected chi connectivity index (χ0v) is 12.4. The number of carbonyl (C=O) groups excluding carboxylic acids is 1. The lowest BCUT2D eigenvalue weighted by Crippen LogP contribution is -2.14. The second kappa shape index (κ2) is 5.76. The van der Waals surface area contributed by atoms with Crippen LogP contribution in [0.4, 0.5) is 11.4 Å². The highest BCUT2D eigenvalue weighted by Gasteiger charge is 2.13. The number of nitriles is 1. The Morgan fingerprint density at radius 1 is 1.35 bits per heavy atom. The average Bonchev–Trinajstić information content (AvgIpc) is 2.43. The number of nitrogens with zero attached hydrogens (tertiary/aromatic N) is 1. The summed E-state index contributed by atoms with van der Waals surface area (Å²) in [5.41, 5.74) is 8.37. The van der Waals surface area contributed by atoms with Gasteiger partial charge in [0.05, 0.1) is 16.8 Å². The summed E-state index contributed by atoms with van der Waals surface area (Å²) in [6, 6.07) is 12.2. The lowest BCUT2D eigenvalue weighted by Gasteiger charge is -2.10. The largest absolute Gasteiger partial charge is 0.399 e. The molecule has 3 N–H and O–H groups in total. The standard InChI is InChI=1S/C15H12BrN3O/c1-9-3-2-4-12(14(9)16)15(20)19-13-6-5-11(18)7-10(13)8-17/h2-7H,18H2,1H3,(H,19,20). The van der Waals surface area contributed by atoms with Crippen molar-refractivity contribution in [2.75, 3.05) is 11.1 Å². The minimum absolute atomic E-state index is 0.276. The molecule has 4 nitrogen and oxygen atoms in total. The zero-order valence-electron chi connectivity index (χ0n) is 10.8. The molecule has 1 amide bonds. The zero-order chi connectivity index (χ0) is 14.7. The van der Waals surface area contributed by atoms with Crippen molar-refractivity contribution in [3.8, 4) is 6.07 Å². The van der Waals surface area contributed by atoms with E-state index in [1.165, 1.54) is 6.07 Å². The number of nitrogens with two attached hydrogens (primary N) is 1. The van der Waals surface area contributed by atoms with Crippen LogP contribution in [0.5, 0.6) is 0 Å². The summed E-state index contributed by atoms with van der Waals surface area (Å²) in [5.74, 6) is -0.276. The molecule has 2 rings (SSSR count).